The van der Waals surface area contributed by atoms with Crippen molar-refractivity contribution in [2.45, 2.75) is 19.3 Å². The monoisotopic (exact) mass is 485 g/mol. The third-order valence-corrected chi connectivity index (χ3v) is 6.75. The molecule has 9 heteroatoms. The maximum absolute atomic E-state index is 11.9. The van der Waals surface area contributed by atoms with Gasteiger partial charge in [-0.25, -0.2) is 4.79 Å². The Bertz CT molecular complexity index is 1460. The predicted octanol–water partition coefficient (Wildman–Crippen LogP) is 4.34. The number of carbonyl (C=O) groups excluding carboxylic acids is 1. The Labute approximate surface area is 207 Å². The van der Waals surface area contributed by atoms with E-state index in [4.69, 9.17) is 14.8 Å². The number of carbonyl (C=O) groups is 2. The lowest BCUT2D eigenvalue weighted by molar-refractivity contribution is 0.0923. The van der Waals surface area contributed by atoms with Gasteiger partial charge in [0.25, 0.3) is 5.91 Å². The van der Waals surface area contributed by atoms with Gasteiger partial charge in [0, 0.05) is 54.4 Å². The molecule has 9 nitrogen and oxygen atoms in total. The Morgan fingerprint density at radius 1 is 1.08 bits per heavy atom. The number of rotatable bonds is 7. The van der Waals surface area contributed by atoms with Crippen LogP contribution in [-0.4, -0.2) is 59.7 Å². The lowest BCUT2D eigenvalue weighted by Gasteiger charge is -2.36. The van der Waals surface area contributed by atoms with Gasteiger partial charge in [-0.3, -0.25) is 15.0 Å². The molecule has 1 saturated heterocycles. The van der Waals surface area contributed by atoms with Crippen molar-refractivity contribution in [3.8, 4) is 6.07 Å². The van der Waals surface area contributed by atoms with Crippen molar-refractivity contribution in [3.05, 3.63) is 65.5 Å². The minimum atomic E-state index is -1.41. The maximum Gasteiger partial charge on any atom is 0.411 e. The molecular formula is C27H27N5O4. The van der Waals surface area contributed by atoms with Crippen molar-refractivity contribution in [1.29, 1.82) is 5.26 Å². The van der Waals surface area contributed by atoms with Crippen molar-refractivity contribution >= 4 is 39.6 Å². The van der Waals surface area contributed by atoms with Crippen LogP contribution in [0.5, 0.6) is 0 Å². The van der Waals surface area contributed by atoms with Gasteiger partial charge in [-0.05, 0) is 73.8 Å². The third-order valence-electron chi connectivity index (χ3n) is 6.75. The summed E-state index contributed by atoms with van der Waals surface area (Å²) in [6, 6.07) is 15.3. The zero-order valence-electron chi connectivity index (χ0n) is 19.8. The Morgan fingerprint density at radius 3 is 2.69 bits per heavy atom. The van der Waals surface area contributed by atoms with Gasteiger partial charge in [0.05, 0.1) is 11.6 Å². The number of aryl methyl sites for hydroxylation is 1. The van der Waals surface area contributed by atoms with E-state index in [1.165, 1.54) is 5.56 Å². The van der Waals surface area contributed by atoms with E-state index in [9.17, 15) is 9.59 Å². The van der Waals surface area contributed by atoms with Gasteiger partial charge in [0.15, 0.2) is 5.76 Å². The molecule has 36 heavy (non-hydrogen) atoms. The first kappa shape index (κ1) is 23.5. The zero-order valence-corrected chi connectivity index (χ0v) is 19.8. The molecule has 0 aliphatic carbocycles. The van der Waals surface area contributed by atoms with E-state index in [-0.39, 0.29) is 5.76 Å². The number of H-pyrrole nitrogens is 1. The normalized spacial score (nSPS) is 14.2. The highest BCUT2D eigenvalue weighted by Gasteiger charge is 2.19. The van der Waals surface area contributed by atoms with Gasteiger partial charge in [-0.2, -0.15) is 5.26 Å². The molecule has 1 fully saturated rings. The molecule has 0 radical (unpaired) electrons. The van der Waals surface area contributed by atoms with Crippen LogP contribution in [0.15, 0.2) is 53.1 Å². The fraction of sp³-hybridized carbons (Fsp3) is 0.296. The molecule has 0 unspecified atom stereocenters. The van der Waals surface area contributed by atoms with Crippen LogP contribution >= 0.6 is 0 Å². The number of nitrogens with zero attached hydrogens (tertiary/aromatic N) is 3. The molecule has 3 heterocycles. The summed E-state index contributed by atoms with van der Waals surface area (Å²) in [6.07, 6.45) is 3.85. The van der Waals surface area contributed by atoms with Crippen LogP contribution < -0.4 is 10.2 Å². The van der Waals surface area contributed by atoms with Crippen LogP contribution in [0.25, 0.3) is 21.9 Å². The summed E-state index contributed by atoms with van der Waals surface area (Å²) in [7, 11) is 0. The molecule has 3 N–H and O–H groups in total. The molecule has 1 aliphatic heterocycles. The van der Waals surface area contributed by atoms with E-state index >= 15 is 0 Å². The van der Waals surface area contributed by atoms with Gasteiger partial charge in [-0.1, -0.05) is 0 Å². The topological polar surface area (TPSA) is 126 Å². The molecule has 1 aliphatic rings. The smallest absolute Gasteiger partial charge is 0.411 e. The number of hydrogen-bond donors (Lipinski definition) is 3. The number of aromatic amines is 1. The minimum absolute atomic E-state index is 0.0208. The van der Waals surface area contributed by atoms with E-state index < -0.39 is 12.0 Å². The number of nitrogens with one attached hydrogen (secondary N) is 2. The van der Waals surface area contributed by atoms with Gasteiger partial charge in [0.2, 0.25) is 0 Å². The summed E-state index contributed by atoms with van der Waals surface area (Å²) in [5, 5.41) is 21.6. The van der Waals surface area contributed by atoms with E-state index in [1.807, 2.05) is 36.4 Å². The molecule has 2 amide bonds. The molecule has 0 bridgehead atoms. The molecule has 184 valence electrons. The van der Waals surface area contributed by atoms with Gasteiger partial charge >= 0.3 is 6.09 Å². The molecule has 0 spiro atoms. The quantitative estimate of drug-likeness (QED) is 0.333. The second-order valence-corrected chi connectivity index (χ2v) is 9.06. The van der Waals surface area contributed by atoms with Crippen LogP contribution in [0.1, 0.15) is 34.5 Å². The van der Waals surface area contributed by atoms with E-state index in [0.717, 1.165) is 74.0 Å². The summed E-state index contributed by atoms with van der Waals surface area (Å²) in [5.41, 5.74) is 4.65. The average Bonchev–Trinajstić information content (AvgIpc) is 3.50. The highest BCUT2D eigenvalue weighted by Crippen LogP contribution is 2.26. The van der Waals surface area contributed by atoms with Gasteiger partial charge in [-0.15, -0.1) is 0 Å². The number of anilines is 1. The molecular weight excluding hydrogens is 458 g/mol. The van der Waals surface area contributed by atoms with Crippen LogP contribution in [0.4, 0.5) is 10.5 Å². The van der Waals surface area contributed by atoms with Crippen molar-refractivity contribution in [2.75, 3.05) is 37.6 Å². The van der Waals surface area contributed by atoms with Crippen LogP contribution in [-0.2, 0) is 6.42 Å². The largest absolute Gasteiger partial charge is 0.465 e. The van der Waals surface area contributed by atoms with Crippen LogP contribution in [0, 0.1) is 11.3 Å². The number of hydrogen-bond acceptors (Lipinski definition) is 6. The lowest BCUT2D eigenvalue weighted by Crippen LogP contribution is -2.46. The number of nitriles is 1. The number of carboxylic acid groups (broad SMARTS) is 1. The Balaban J connectivity index is 1.11. The van der Waals surface area contributed by atoms with Crippen molar-refractivity contribution in [1.82, 2.24) is 15.2 Å². The highest BCUT2D eigenvalue weighted by molar-refractivity contribution is 6.03. The van der Waals surface area contributed by atoms with Gasteiger partial charge in [0.1, 0.15) is 5.58 Å². The molecule has 4 aromatic rings. The zero-order chi connectivity index (χ0) is 25.1. The number of benzene rings is 2. The Kier molecular flexibility index (Phi) is 6.60. The summed E-state index contributed by atoms with van der Waals surface area (Å²) in [6.45, 7) is 4.84. The van der Waals surface area contributed by atoms with E-state index in [2.05, 4.69) is 27.0 Å². The second-order valence-electron chi connectivity index (χ2n) is 9.06. The minimum Gasteiger partial charge on any atom is -0.465 e. The first-order valence-electron chi connectivity index (χ1n) is 12.1. The van der Waals surface area contributed by atoms with Crippen molar-refractivity contribution < 1.29 is 19.1 Å². The second kappa shape index (κ2) is 10.1. The predicted molar refractivity (Wildman–Crippen MR) is 136 cm³/mol. The van der Waals surface area contributed by atoms with Crippen molar-refractivity contribution in [3.63, 3.8) is 0 Å². The number of imide groups is 1. The number of amides is 2. The number of furan rings is 1. The molecule has 0 saturated carbocycles. The first-order valence-corrected chi connectivity index (χ1v) is 12.1. The van der Waals surface area contributed by atoms with Gasteiger partial charge < -0.3 is 19.4 Å². The third kappa shape index (κ3) is 5.04. The summed E-state index contributed by atoms with van der Waals surface area (Å²) in [5.74, 6) is -0.794. The number of aromatic nitrogens is 1. The van der Waals surface area contributed by atoms with E-state index in [0.29, 0.717) is 11.1 Å². The number of unbranched alkanes of at least 4 members (excludes halogenated alkanes) is 1. The molecule has 0 atom stereocenters. The standard InChI is InChI=1S/C27H27N5O4/c28-16-18-4-6-23-22(13-18)19(17-29-23)3-1-2-8-31-9-11-32(12-10-31)21-5-7-24-20(14-21)15-25(36-24)26(33)30-27(34)35/h4-7,13-15,17,29H,1-3,8-12H2,(H,30,33)(H,34,35). The van der Waals surface area contributed by atoms with Crippen LogP contribution in [0.3, 0.4) is 0 Å². The SMILES string of the molecule is N#Cc1ccc2[nH]cc(CCCCN3CCN(c4ccc5oc(C(=O)NC(=O)O)cc5c4)CC3)c2c1. The van der Waals surface area contributed by atoms with Crippen molar-refractivity contribution in [2.24, 2.45) is 0 Å². The number of piperazine rings is 1. The number of fused-ring (bicyclic) bond motifs is 2. The fourth-order valence-electron chi connectivity index (χ4n) is 4.83. The highest BCUT2D eigenvalue weighted by atomic mass is 16.4. The molecule has 2 aromatic carbocycles. The summed E-state index contributed by atoms with van der Waals surface area (Å²) >= 11 is 0. The summed E-state index contributed by atoms with van der Waals surface area (Å²) in [4.78, 5) is 30.7. The Morgan fingerprint density at radius 2 is 1.92 bits per heavy atom. The van der Waals surface area contributed by atoms with Crippen LogP contribution in [0.2, 0.25) is 0 Å². The fourth-order valence-corrected chi connectivity index (χ4v) is 4.83. The first-order chi connectivity index (χ1) is 17.5. The average molecular weight is 486 g/mol. The lowest BCUT2D eigenvalue weighted by atomic mass is 10.1. The molecule has 5 rings (SSSR count). The van der Waals surface area contributed by atoms with E-state index in [1.54, 1.807) is 11.4 Å². The maximum atomic E-state index is 11.9. The molecule has 2 aromatic heterocycles. The Hall–Kier alpha value is -4.29. The summed E-state index contributed by atoms with van der Waals surface area (Å²) < 4.78 is 5.49.